The van der Waals surface area contributed by atoms with Gasteiger partial charge in [0.05, 0.1) is 6.54 Å². The summed E-state index contributed by atoms with van der Waals surface area (Å²) in [5.74, 6) is -1.67. The Morgan fingerprint density at radius 1 is 1.28 bits per heavy atom. The number of rotatable bonds is 8. The number of nitrogens with one attached hydrogen (secondary N) is 1. The molecule has 0 aromatic carbocycles. The van der Waals surface area contributed by atoms with E-state index < -0.39 is 48.0 Å². The van der Waals surface area contributed by atoms with Gasteiger partial charge >= 0.3 is 12.1 Å². The van der Waals surface area contributed by atoms with Crippen molar-refractivity contribution in [2.45, 2.75) is 19.8 Å². The van der Waals surface area contributed by atoms with Crippen LogP contribution in [0.2, 0.25) is 0 Å². The summed E-state index contributed by atoms with van der Waals surface area (Å²) in [5.41, 5.74) is 0. The van der Waals surface area contributed by atoms with E-state index in [2.05, 4.69) is 9.47 Å². The van der Waals surface area contributed by atoms with Gasteiger partial charge in [-0.15, -0.1) is 0 Å². The molecule has 0 aliphatic carbocycles. The van der Waals surface area contributed by atoms with Crippen molar-refractivity contribution in [2.24, 2.45) is 0 Å². The fourth-order valence-corrected chi connectivity index (χ4v) is 1.21. The van der Waals surface area contributed by atoms with E-state index in [1.54, 1.807) is 6.92 Å². The van der Waals surface area contributed by atoms with Gasteiger partial charge in [-0.25, -0.2) is 9.00 Å². The summed E-state index contributed by atoms with van der Waals surface area (Å²) in [6.45, 7) is 0.838. The van der Waals surface area contributed by atoms with E-state index in [9.17, 15) is 18.6 Å². The Labute approximate surface area is 106 Å². The van der Waals surface area contributed by atoms with Crippen molar-refractivity contribution in [1.29, 1.82) is 0 Å². The molecule has 1 unspecified atom stereocenters. The zero-order valence-corrected chi connectivity index (χ0v) is 10.7. The maximum absolute atomic E-state index is 11.0. The fourth-order valence-electron chi connectivity index (χ4n) is 0.836. The lowest BCUT2D eigenvalue weighted by Gasteiger charge is -2.06. The monoisotopic (exact) mass is 281 g/mol. The summed E-state index contributed by atoms with van der Waals surface area (Å²) in [6, 6.07) is 0. The van der Waals surface area contributed by atoms with Gasteiger partial charge in [-0.05, 0) is 6.42 Å². The number of amides is 1. The molecule has 0 fully saturated rings. The third-order valence-corrected chi connectivity index (χ3v) is 2.15. The molecule has 1 atom stereocenters. The minimum Gasteiger partial charge on any atom is -0.428 e. The number of alkyl carbamates (subject to hydrolysis) is 1. The van der Waals surface area contributed by atoms with Crippen LogP contribution in [0.1, 0.15) is 19.8 Å². The van der Waals surface area contributed by atoms with E-state index in [-0.39, 0.29) is 6.42 Å². The molecule has 0 bridgehead atoms. The number of hydrogen-bond donors (Lipinski definition) is 2. The van der Waals surface area contributed by atoms with Crippen molar-refractivity contribution < 1.29 is 32.6 Å². The van der Waals surface area contributed by atoms with Gasteiger partial charge in [0, 0.05) is 6.42 Å². The molecule has 0 rings (SSSR count). The third kappa shape index (κ3) is 9.73. The van der Waals surface area contributed by atoms with Crippen LogP contribution in [0.15, 0.2) is 0 Å². The van der Waals surface area contributed by atoms with E-state index in [1.807, 2.05) is 5.32 Å². The van der Waals surface area contributed by atoms with Gasteiger partial charge in [-0.1, -0.05) is 6.92 Å². The quantitative estimate of drug-likeness (QED) is 0.359. The molecule has 2 N–H and O–H groups in total. The SMILES string of the molecule is CCCC(=O)OCOC(=O)NCC(=O)CS(=O)O. The van der Waals surface area contributed by atoms with Gasteiger partial charge in [0.1, 0.15) is 5.75 Å². The predicted molar refractivity (Wildman–Crippen MR) is 61.0 cm³/mol. The Hall–Kier alpha value is -1.48. The van der Waals surface area contributed by atoms with Crippen LogP contribution in [0.4, 0.5) is 4.79 Å². The highest BCUT2D eigenvalue weighted by molar-refractivity contribution is 7.80. The Kier molecular flexibility index (Phi) is 8.76. The lowest BCUT2D eigenvalue weighted by molar-refractivity contribution is -0.151. The number of Topliss-reactive ketones (excluding diaryl/α,β-unsaturated/α-hetero) is 1. The molecule has 0 heterocycles. The topological polar surface area (TPSA) is 119 Å². The van der Waals surface area contributed by atoms with Crippen molar-refractivity contribution in [1.82, 2.24) is 5.32 Å². The lowest BCUT2D eigenvalue weighted by Crippen LogP contribution is -2.32. The Morgan fingerprint density at radius 2 is 1.94 bits per heavy atom. The number of ketones is 1. The first kappa shape index (κ1) is 16.5. The zero-order valence-electron chi connectivity index (χ0n) is 9.84. The Morgan fingerprint density at radius 3 is 2.50 bits per heavy atom. The molecule has 104 valence electrons. The van der Waals surface area contributed by atoms with Crippen LogP contribution in [0.3, 0.4) is 0 Å². The van der Waals surface area contributed by atoms with E-state index >= 15 is 0 Å². The highest BCUT2D eigenvalue weighted by Crippen LogP contribution is 1.91. The second-order valence-corrected chi connectivity index (χ2v) is 4.11. The molecule has 1 amide bonds. The van der Waals surface area contributed by atoms with Crippen LogP contribution in [0.5, 0.6) is 0 Å². The Balaban J connectivity index is 3.63. The van der Waals surface area contributed by atoms with Gasteiger partial charge in [-0.2, -0.15) is 0 Å². The molecule has 9 heteroatoms. The largest absolute Gasteiger partial charge is 0.428 e. The zero-order chi connectivity index (χ0) is 14.0. The maximum atomic E-state index is 11.0. The first-order chi connectivity index (χ1) is 8.45. The standard InChI is InChI=1S/C9H15NO7S/c1-2-3-8(12)16-6-17-9(13)10-4-7(11)5-18(14)15/h2-6H2,1H3,(H,10,13)(H,14,15). The molecular formula is C9H15NO7S. The fraction of sp³-hybridized carbons (Fsp3) is 0.667. The molecule has 0 radical (unpaired) electrons. The molecule has 0 aromatic rings. The van der Waals surface area contributed by atoms with Crippen LogP contribution in [-0.2, 0) is 30.1 Å². The minimum absolute atomic E-state index is 0.228. The van der Waals surface area contributed by atoms with Crippen molar-refractivity contribution in [3.05, 3.63) is 0 Å². The molecule has 0 aliphatic rings. The summed E-state index contributed by atoms with van der Waals surface area (Å²) in [4.78, 5) is 32.7. The van der Waals surface area contributed by atoms with Gasteiger partial charge in [-0.3, -0.25) is 9.59 Å². The summed E-state index contributed by atoms with van der Waals surface area (Å²) in [5, 5.41) is 2.05. The number of carbonyl (C=O) groups is 3. The van der Waals surface area contributed by atoms with Crippen molar-refractivity contribution in [3.63, 3.8) is 0 Å². The van der Waals surface area contributed by atoms with Crippen molar-refractivity contribution in [3.8, 4) is 0 Å². The Bertz CT molecular complexity index is 331. The second kappa shape index (κ2) is 9.54. The number of ether oxygens (including phenoxy) is 2. The number of esters is 1. The van der Waals surface area contributed by atoms with Gasteiger partial charge in [0.2, 0.25) is 6.79 Å². The van der Waals surface area contributed by atoms with E-state index in [0.717, 1.165) is 0 Å². The molecule has 0 aliphatic heterocycles. The highest BCUT2D eigenvalue weighted by Gasteiger charge is 2.09. The average Bonchev–Trinajstić information content (AvgIpc) is 2.26. The predicted octanol–water partition coefficient (Wildman–Crippen LogP) is -0.196. The van der Waals surface area contributed by atoms with E-state index in [0.29, 0.717) is 6.42 Å². The highest BCUT2D eigenvalue weighted by atomic mass is 32.2. The average molecular weight is 281 g/mol. The second-order valence-electron chi connectivity index (χ2n) is 3.17. The molecule has 8 nitrogen and oxygen atoms in total. The molecular weight excluding hydrogens is 266 g/mol. The van der Waals surface area contributed by atoms with E-state index in [1.165, 1.54) is 0 Å². The van der Waals surface area contributed by atoms with Crippen LogP contribution >= 0.6 is 0 Å². The molecule has 0 spiro atoms. The first-order valence-corrected chi connectivity index (χ1v) is 6.38. The molecule has 0 saturated heterocycles. The molecule has 0 saturated carbocycles. The smallest absolute Gasteiger partial charge is 0.410 e. The van der Waals surface area contributed by atoms with Crippen molar-refractivity contribution >= 4 is 28.9 Å². The molecule has 18 heavy (non-hydrogen) atoms. The van der Waals surface area contributed by atoms with Gasteiger partial charge in [0.25, 0.3) is 0 Å². The summed E-state index contributed by atoms with van der Waals surface area (Å²) in [6.07, 6.45) is -0.0970. The minimum atomic E-state index is -2.24. The van der Waals surface area contributed by atoms with Crippen LogP contribution in [0.25, 0.3) is 0 Å². The van der Waals surface area contributed by atoms with Gasteiger partial charge in [0.15, 0.2) is 16.9 Å². The normalized spacial score (nSPS) is 11.4. The number of carbonyl (C=O) groups excluding carboxylic acids is 3. The van der Waals surface area contributed by atoms with Crippen LogP contribution in [-0.4, -0.2) is 45.7 Å². The molecule has 0 aromatic heterocycles. The maximum Gasteiger partial charge on any atom is 0.410 e. The number of hydrogen-bond acceptors (Lipinski definition) is 6. The van der Waals surface area contributed by atoms with Gasteiger partial charge < -0.3 is 19.3 Å². The van der Waals surface area contributed by atoms with Crippen LogP contribution in [0, 0.1) is 0 Å². The van der Waals surface area contributed by atoms with Crippen molar-refractivity contribution in [2.75, 3.05) is 19.1 Å². The van der Waals surface area contributed by atoms with E-state index in [4.69, 9.17) is 4.55 Å². The summed E-state index contributed by atoms with van der Waals surface area (Å²) < 4.78 is 27.6. The summed E-state index contributed by atoms with van der Waals surface area (Å²) >= 11 is -2.24. The third-order valence-electron chi connectivity index (χ3n) is 1.58. The summed E-state index contributed by atoms with van der Waals surface area (Å²) in [7, 11) is 0. The van der Waals surface area contributed by atoms with Crippen LogP contribution < -0.4 is 5.32 Å². The lowest BCUT2D eigenvalue weighted by atomic mass is 10.3. The first-order valence-electron chi connectivity index (χ1n) is 5.11.